The smallest absolute Gasteiger partial charge is 0.267 e. The molecule has 1 aliphatic carbocycles. The molecule has 0 aliphatic heterocycles. The summed E-state index contributed by atoms with van der Waals surface area (Å²) in [7, 11) is 0. The third-order valence-corrected chi connectivity index (χ3v) is 3.44. The molecular weight excluding hydrogens is 226 g/mol. The maximum atomic E-state index is 12.3. The first-order chi connectivity index (χ1) is 8.84. The van der Waals surface area contributed by atoms with Gasteiger partial charge < -0.3 is 0 Å². The highest BCUT2D eigenvalue weighted by Gasteiger charge is 2.14. The number of rotatable bonds is 2. The summed E-state index contributed by atoms with van der Waals surface area (Å²) in [6, 6.07) is 3.82. The summed E-state index contributed by atoms with van der Waals surface area (Å²) >= 11 is 0. The molecule has 2 aromatic heterocycles. The van der Waals surface area contributed by atoms with Gasteiger partial charge in [0.2, 0.25) is 0 Å². The van der Waals surface area contributed by atoms with Crippen LogP contribution in [0, 0.1) is 0 Å². The number of aryl methyl sites for hydroxylation is 1. The molecule has 2 heterocycles. The van der Waals surface area contributed by atoms with Crippen molar-refractivity contribution in [3.05, 3.63) is 57.8 Å². The molecular formula is C14H15N3O. The Morgan fingerprint density at radius 3 is 2.78 bits per heavy atom. The second kappa shape index (κ2) is 4.72. The predicted octanol–water partition coefficient (Wildman–Crippen LogP) is 1.57. The van der Waals surface area contributed by atoms with Crippen molar-refractivity contribution >= 4 is 0 Å². The molecule has 0 atom stereocenters. The molecule has 0 radical (unpaired) electrons. The van der Waals surface area contributed by atoms with Crippen LogP contribution in [-0.2, 0) is 19.4 Å². The fourth-order valence-electron chi connectivity index (χ4n) is 2.44. The zero-order valence-corrected chi connectivity index (χ0v) is 10.2. The fraction of sp³-hybridized carbons (Fsp3) is 0.357. The average molecular weight is 241 g/mol. The Morgan fingerprint density at radius 2 is 1.94 bits per heavy atom. The normalized spacial score (nSPS) is 14.2. The Balaban J connectivity index is 1.96. The fourth-order valence-corrected chi connectivity index (χ4v) is 2.44. The maximum Gasteiger partial charge on any atom is 0.270 e. The van der Waals surface area contributed by atoms with E-state index in [0.717, 1.165) is 36.0 Å². The summed E-state index contributed by atoms with van der Waals surface area (Å²) in [5.41, 5.74) is 3.22. The van der Waals surface area contributed by atoms with Gasteiger partial charge in [-0.15, -0.1) is 0 Å². The molecule has 0 spiro atoms. The van der Waals surface area contributed by atoms with E-state index in [9.17, 15) is 4.79 Å². The lowest BCUT2D eigenvalue weighted by molar-refractivity contribution is 0.591. The SMILES string of the molecule is O=c1c2c(cnn1Cc1ccncc1)CCCC2. The van der Waals surface area contributed by atoms with Crippen LogP contribution in [0.1, 0.15) is 29.5 Å². The van der Waals surface area contributed by atoms with Gasteiger partial charge in [0.25, 0.3) is 5.56 Å². The first-order valence-corrected chi connectivity index (χ1v) is 6.31. The highest BCUT2D eigenvalue weighted by atomic mass is 16.1. The monoisotopic (exact) mass is 241 g/mol. The van der Waals surface area contributed by atoms with E-state index in [1.807, 2.05) is 18.3 Å². The Morgan fingerprint density at radius 1 is 1.17 bits per heavy atom. The minimum absolute atomic E-state index is 0.0732. The number of pyridine rings is 1. The molecule has 0 fully saturated rings. The van der Waals surface area contributed by atoms with Gasteiger partial charge in [-0.25, -0.2) is 4.68 Å². The van der Waals surface area contributed by atoms with Crippen LogP contribution in [0.3, 0.4) is 0 Å². The van der Waals surface area contributed by atoms with Gasteiger partial charge in [0, 0.05) is 18.0 Å². The Hall–Kier alpha value is -1.97. The highest BCUT2D eigenvalue weighted by Crippen LogP contribution is 2.16. The van der Waals surface area contributed by atoms with E-state index in [1.54, 1.807) is 17.1 Å². The van der Waals surface area contributed by atoms with Gasteiger partial charge in [0.15, 0.2) is 0 Å². The minimum atomic E-state index is 0.0732. The lowest BCUT2D eigenvalue weighted by atomic mass is 9.94. The van der Waals surface area contributed by atoms with Crippen LogP contribution in [0.5, 0.6) is 0 Å². The van der Waals surface area contributed by atoms with Gasteiger partial charge in [-0.3, -0.25) is 9.78 Å². The molecule has 0 aromatic carbocycles. The molecule has 4 nitrogen and oxygen atoms in total. The Kier molecular flexibility index (Phi) is 2.92. The van der Waals surface area contributed by atoms with Gasteiger partial charge in [0.1, 0.15) is 0 Å². The van der Waals surface area contributed by atoms with Crippen molar-refractivity contribution in [3.8, 4) is 0 Å². The summed E-state index contributed by atoms with van der Waals surface area (Å²) in [5, 5.41) is 4.27. The molecule has 0 saturated heterocycles. The molecule has 3 rings (SSSR count). The molecule has 4 heteroatoms. The molecule has 0 bridgehead atoms. The van der Waals surface area contributed by atoms with Crippen LogP contribution < -0.4 is 5.56 Å². The van der Waals surface area contributed by atoms with Crippen LogP contribution in [-0.4, -0.2) is 14.8 Å². The van der Waals surface area contributed by atoms with E-state index in [0.29, 0.717) is 6.54 Å². The maximum absolute atomic E-state index is 12.3. The quantitative estimate of drug-likeness (QED) is 0.801. The lowest BCUT2D eigenvalue weighted by Crippen LogP contribution is -2.29. The number of hydrogen-bond donors (Lipinski definition) is 0. The van der Waals surface area contributed by atoms with Crippen LogP contribution in [0.25, 0.3) is 0 Å². The molecule has 92 valence electrons. The molecule has 0 saturated carbocycles. The summed E-state index contributed by atoms with van der Waals surface area (Å²) in [5.74, 6) is 0. The third-order valence-electron chi connectivity index (χ3n) is 3.44. The second-order valence-corrected chi connectivity index (χ2v) is 4.67. The lowest BCUT2D eigenvalue weighted by Gasteiger charge is -2.15. The van der Waals surface area contributed by atoms with Crippen LogP contribution >= 0.6 is 0 Å². The zero-order valence-electron chi connectivity index (χ0n) is 10.2. The summed E-state index contributed by atoms with van der Waals surface area (Å²) < 4.78 is 1.56. The van der Waals surface area contributed by atoms with E-state index in [-0.39, 0.29) is 5.56 Å². The molecule has 18 heavy (non-hydrogen) atoms. The molecule has 0 N–H and O–H groups in total. The van der Waals surface area contributed by atoms with Crippen molar-refractivity contribution in [2.24, 2.45) is 0 Å². The number of aromatic nitrogens is 3. The number of fused-ring (bicyclic) bond motifs is 1. The zero-order chi connectivity index (χ0) is 12.4. The largest absolute Gasteiger partial charge is 0.270 e. The number of nitrogens with zero attached hydrogens (tertiary/aromatic N) is 3. The van der Waals surface area contributed by atoms with Crippen molar-refractivity contribution in [2.75, 3.05) is 0 Å². The van der Waals surface area contributed by atoms with Crippen LogP contribution in [0.2, 0.25) is 0 Å². The predicted molar refractivity (Wildman–Crippen MR) is 68.5 cm³/mol. The van der Waals surface area contributed by atoms with Gasteiger partial charge >= 0.3 is 0 Å². The van der Waals surface area contributed by atoms with Crippen molar-refractivity contribution in [2.45, 2.75) is 32.2 Å². The average Bonchev–Trinajstić information content (AvgIpc) is 2.43. The van der Waals surface area contributed by atoms with Gasteiger partial charge in [-0.1, -0.05) is 0 Å². The van der Waals surface area contributed by atoms with Crippen LogP contribution in [0.15, 0.2) is 35.5 Å². The highest BCUT2D eigenvalue weighted by molar-refractivity contribution is 5.24. The van der Waals surface area contributed by atoms with Crippen molar-refractivity contribution < 1.29 is 0 Å². The number of hydrogen-bond acceptors (Lipinski definition) is 3. The van der Waals surface area contributed by atoms with E-state index in [1.165, 1.54) is 6.42 Å². The Labute approximate surface area is 105 Å². The second-order valence-electron chi connectivity index (χ2n) is 4.67. The first kappa shape index (κ1) is 11.1. The van der Waals surface area contributed by atoms with Crippen molar-refractivity contribution in [1.29, 1.82) is 0 Å². The Bertz CT molecular complexity index is 604. The minimum Gasteiger partial charge on any atom is -0.267 e. The summed E-state index contributed by atoms with van der Waals surface area (Å²) in [6.45, 7) is 0.522. The van der Waals surface area contributed by atoms with Gasteiger partial charge in [0.05, 0.1) is 12.7 Å². The van der Waals surface area contributed by atoms with Crippen molar-refractivity contribution in [3.63, 3.8) is 0 Å². The molecule has 0 amide bonds. The first-order valence-electron chi connectivity index (χ1n) is 6.31. The molecule has 1 aliphatic rings. The molecule has 2 aromatic rings. The van der Waals surface area contributed by atoms with Gasteiger partial charge in [-0.2, -0.15) is 5.10 Å². The summed E-state index contributed by atoms with van der Waals surface area (Å²) in [4.78, 5) is 16.3. The van der Waals surface area contributed by atoms with E-state index >= 15 is 0 Å². The topological polar surface area (TPSA) is 47.8 Å². The van der Waals surface area contributed by atoms with Crippen LogP contribution in [0.4, 0.5) is 0 Å². The standard InChI is InChI=1S/C14H15N3O/c18-14-13-4-2-1-3-12(13)9-16-17(14)10-11-5-7-15-8-6-11/h5-9H,1-4,10H2. The molecule has 0 unspecified atom stereocenters. The van der Waals surface area contributed by atoms with E-state index in [4.69, 9.17) is 0 Å². The summed E-state index contributed by atoms with van der Waals surface area (Å²) in [6.07, 6.45) is 9.50. The van der Waals surface area contributed by atoms with E-state index < -0.39 is 0 Å². The van der Waals surface area contributed by atoms with Gasteiger partial charge in [-0.05, 0) is 48.9 Å². The third kappa shape index (κ3) is 2.06. The van der Waals surface area contributed by atoms with E-state index in [2.05, 4.69) is 10.1 Å². The van der Waals surface area contributed by atoms with Crippen molar-refractivity contribution in [1.82, 2.24) is 14.8 Å².